The quantitative estimate of drug-likeness (QED) is 0.404. The van der Waals surface area contributed by atoms with Crippen molar-refractivity contribution in [2.45, 2.75) is 27.2 Å². The Hall–Kier alpha value is -2.35. The fraction of sp³-hybridized carbons (Fsp3) is 0.304. The highest BCUT2D eigenvalue weighted by Crippen LogP contribution is 2.29. The van der Waals surface area contributed by atoms with E-state index in [0.717, 1.165) is 41.0 Å². The molecule has 170 valence electrons. The first kappa shape index (κ1) is 24.3. The highest BCUT2D eigenvalue weighted by Gasteiger charge is 2.17. The number of aliphatic imine (C=N–C) groups is 2. The largest absolute Gasteiger partial charge is 0.490 e. The Morgan fingerprint density at radius 2 is 1.81 bits per heavy atom. The molecular formula is C23H26Cl2N4O2S. The normalized spacial score (nSPS) is 14.6. The standard InChI is InChI=1S/C23H26Cl2N4O2S/c1-4-30-20-9-6-16(12-21(20)31-5-2)10-11-26-15(3)14-27-22-29-23(32-22)28-17-7-8-18(24)19(25)13-17/h6-9,12-14,26H,4-5,10-11H2,1-3H3,(H,27,28,29)/b15-14-. The molecule has 0 fully saturated rings. The smallest absolute Gasteiger partial charge is 0.197 e. The summed E-state index contributed by atoms with van der Waals surface area (Å²) in [7, 11) is 0. The van der Waals surface area contributed by atoms with Gasteiger partial charge in [-0.25, -0.2) is 4.99 Å². The van der Waals surface area contributed by atoms with Crippen LogP contribution in [0.15, 0.2) is 58.3 Å². The summed E-state index contributed by atoms with van der Waals surface area (Å²) >= 11 is 13.4. The third-order valence-corrected chi connectivity index (χ3v) is 5.85. The molecule has 0 spiro atoms. The number of anilines is 1. The van der Waals surface area contributed by atoms with E-state index in [9.17, 15) is 0 Å². The van der Waals surface area contributed by atoms with Crippen LogP contribution in [0.25, 0.3) is 0 Å². The average molecular weight is 493 g/mol. The van der Waals surface area contributed by atoms with Gasteiger partial charge in [-0.3, -0.25) is 0 Å². The van der Waals surface area contributed by atoms with Gasteiger partial charge < -0.3 is 20.1 Å². The SMILES string of the molecule is CCOc1ccc(CCN/C(C)=C\N=C2N=C(Nc3ccc(Cl)c(Cl)c3)S2)cc1OCC. The van der Waals surface area contributed by atoms with Crippen LogP contribution in [0.3, 0.4) is 0 Å². The first-order valence-corrected chi connectivity index (χ1v) is 11.9. The van der Waals surface area contributed by atoms with Gasteiger partial charge >= 0.3 is 0 Å². The number of allylic oxidation sites excluding steroid dienone is 1. The van der Waals surface area contributed by atoms with Gasteiger partial charge in [0.05, 0.1) is 23.3 Å². The number of hydrogen-bond acceptors (Lipinski definition) is 6. The van der Waals surface area contributed by atoms with Crippen molar-refractivity contribution in [3.05, 3.63) is 63.9 Å². The van der Waals surface area contributed by atoms with Crippen LogP contribution >= 0.6 is 35.0 Å². The van der Waals surface area contributed by atoms with Crippen molar-refractivity contribution in [2.75, 3.05) is 25.1 Å². The van der Waals surface area contributed by atoms with E-state index in [0.29, 0.717) is 28.4 Å². The minimum atomic E-state index is 0.500. The molecule has 1 heterocycles. The van der Waals surface area contributed by atoms with Gasteiger partial charge in [-0.15, -0.1) is 0 Å². The maximum absolute atomic E-state index is 6.02. The molecule has 0 radical (unpaired) electrons. The lowest BCUT2D eigenvalue weighted by Gasteiger charge is -2.16. The van der Waals surface area contributed by atoms with E-state index in [1.54, 1.807) is 18.3 Å². The van der Waals surface area contributed by atoms with Gasteiger partial charge in [-0.2, -0.15) is 4.99 Å². The lowest BCUT2D eigenvalue weighted by molar-refractivity contribution is 0.287. The molecule has 0 aromatic heterocycles. The number of nitrogens with one attached hydrogen (secondary N) is 2. The van der Waals surface area contributed by atoms with Gasteiger partial charge in [0.15, 0.2) is 21.8 Å². The van der Waals surface area contributed by atoms with E-state index in [-0.39, 0.29) is 0 Å². The molecular weight excluding hydrogens is 467 g/mol. The Morgan fingerprint density at radius 1 is 1.06 bits per heavy atom. The number of amidine groups is 2. The van der Waals surface area contributed by atoms with Crippen molar-refractivity contribution in [1.29, 1.82) is 0 Å². The topological polar surface area (TPSA) is 67.2 Å². The maximum atomic E-state index is 6.02. The van der Waals surface area contributed by atoms with Crippen LogP contribution in [0.5, 0.6) is 11.5 Å². The summed E-state index contributed by atoms with van der Waals surface area (Å²) in [5, 5.41) is 9.03. The summed E-state index contributed by atoms with van der Waals surface area (Å²) < 4.78 is 11.3. The fourth-order valence-electron chi connectivity index (χ4n) is 2.84. The summed E-state index contributed by atoms with van der Waals surface area (Å²) in [6.07, 6.45) is 2.64. The highest BCUT2D eigenvalue weighted by molar-refractivity contribution is 8.29. The summed E-state index contributed by atoms with van der Waals surface area (Å²) in [6.45, 7) is 7.92. The van der Waals surface area contributed by atoms with E-state index in [1.807, 2.05) is 39.0 Å². The molecule has 0 aliphatic carbocycles. The van der Waals surface area contributed by atoms with Crippen LogP contribution in [0.1, 0.15) is 26.3 Å². The first-order chi connectivity index (χ1) is 15.5. The van der Waals surface area contributed by atoms with E-state index in [1.165, 1.54) is 17.3 Å². The van der Waals surface area contributed by atoms with Gasteiger partial charge in [0.25, 0.3) is 0 Å². The van der Waals surface area contributed by atoms with Crippen LogP contribution in [0, 0.1) is 0 Å². The Morgan fingerprint density at radius 3 is 2.53 bits per heavy atom. The minimum absolute atomic E-state index is 0.500. The molecule has 2 aromatic carbocycles. The molecule has 3 rings (SSSR count). The number of thioether (sulfide) groups is 1. The molecule has 0 bridgehead atoms. The van der Waals surface area contributed by atoms with Gasteiger partial charge in [0, 0.05) is 24.1 Å². The van der Waals surface area contributed by atoms with Crippen LogP contribution in [-0.4, -0.2) is 30.1 Å². The molecule has 0 atom stereocenters. The van der Waals surface area contributed by atoms with Gasteiger partial charge in [-0.1, -0.05) is 29.3 Å². The van der Waals surface area contributed by atoms with Crippen molar-refractivity contribution in [3.8, 4) is 11.5 Å². The Balaban J connectivity index is 1.47. The van der Waals surface area contributed by atoms with Crippen molar-refractivity contribution in [3.63, 3.8) is 0 Å². The summed E-state index contributed by atoms with van der Waals surface area (Å²) in [5.41, 5.74) is 2.98. The van der Waals surface area contributed by atoms with Gasteiger partial charge in [-0.05, 0) is 74.8 Å². The molecule has 0 amide bonds. The van der Waals surface area contributed by atoms with Crippen LogP contribution in [0.2, 0.25) is 10.0 Å². The molecule has 0 saturated carbocycles. The number of hydrogen-bond donors (Lipinski definition) is 2. The van der Waals surface area contributed by atoms with Gasteiger partial charge in [0.2, 0.25) is 0 Å². The fourth-order valence-corrected chi connectivity index (χ4v) is 3.72. The molecule has 2 N–H and O–H groups in total. The number of halogens is 2. The maximum Gasteiger partial charge on any atom is 0.197 e. The molecule has 9 heteroatoms. The zero-order valence-corrected chi connectivity index (χ0v) is 20.6. The molecule has 1 aliphatic rings. The Labute approximate surface area is 203 Å². The van der Waals surface area contributed by atoms with Crippen molar-refractivity contribution in [2.24, 2.45) is 9.98 Å². The second kappa shape index (κ2) is 12.0. The number of ether oxygens (including phenoxy) is 2. The second-order valence-electron chi connectivity index (χ2n) is 6.82. The minimum Gasteiger partial charge on any atom is -0.490 e. The lowest BCUT2D eigenvalue weighted by Crippen LogP contribution is -2.19. The van der Waals surface area contributed by atoms with E-state index in [2.05, 4.69) is 26.7 Å². The second-order valence-corrected chi connectivity index (χ2v) is 8.59. The average Bonchev–Trinajstić information content (AvgIpc) is 2.74. The molecule has 6 nitrogen and oxygen atoms in total. The number of benzene rings is 2. The molecule has 0 saturated heterocycles. The predicted molar refractivity (Wildman–Crippen MR) is 137 cm³/mol. The van der Waals surface area contributed by atoms with Crippen molar-refractivity contribution in [1.82, 2.24) is 5.32 Å². The summed E-state index contributed by atoms with van der Waals surface area (Å²) in [6, 6.07) is 11.4. The molecule has 2 aromatic rings. The van der Waals surface area contributed by atoms with Crippen LogP contribution in [-0.2, 0) is 6.42 Å². The van der Waals surface area contributed by atoms with Gasteiger partial charge in [0.1, 0.15) is 0 Å². The van der Waals surface area contributed by atoms with Crippen LogP contribution in [0.4, 0.5) is 5.69 Å². The first-order valence-electron chi connectivity index (χ1n) is 10.3. The predicted octanol–water partition coefficient (Wildman–Crippen LogP) is 6.36. The number of rotatable bonds is 10. The van der Waals surface area contributed by atoms with Crippen LogP contribution < -0.4 is 20.1 Å². The zero-order chi connectivity index (χ0) is 22.9. The Bertz CT molecular complexity index is 1040. The third kappa shape index (κ3) is 7.08. The van der Waals surface area contributed by atoms with Crippen molar-refractivity contribution < 1.29 is 9.47 Å². The molecule has 32 heavy (non-hydrogen) atoms. The summed E-state index contributed by atoms with van der Waals surface area (Å²) in [4.78, 5) is 8.76. The van der Waals surface area contributed by atoms with E-state index >= 15 is 0 Å². The van der Waals surface area contributed by atoms with E-state index < -0.39 is 0 Å². The van der Waals surface area contributed by atoms with E-state index in [4.69, 9.17) is 32.7 Å². The third-order valence-electron chi connectivity index (χ3n) is 4.35. The highest BCUT2D eigenvalue weighted by atomic mass is 35.5. The summed E-state index contributed by atoms with van der Waals surface area (Å²) in [5.74, 6) is 1.57. The monoisotopic (exact) mass is 492 g/mol. The Kier molecular flexibility index (Phi) is 9.14. The van der Waals surface area contributed by atoms with Crippen molar-refractivity contribution >= 4 is 51.0 Å². The lowest BCUT2D eigenvalue weighted by atomic mass is 10.1. The molecule has 0 unspecified atom stereocenters. The molecule has 1 aliphatic heterocycles. The zero-order valence-electron chi connectivity index (χ0n) is 18.2. The number of nitrogens with zero attached hydrogens (tertiary/aromatic N) is 2.